The maximum atomic E-state index is 14.0. The van der Waals surface area contributed by atoms with Gasteiger partial charge in [0.25, 0.3) is 0 Å². The molecule has 0 radical (unpaired) electrons. The molecule has 176 valence electrons. The molecule has 8 aliphatic carbocycles. The predicted molar refractivity (Wildman–Crippen MR) is 124 cm³/mol. The lowest BCUT2D eigenvalue weighted by molar-refractivity contribution is -0.172. The van der Waals surface area contributed by atoms with Crippen molar-refractivity contribution in [2.24, 2.45) is 46.3 Å². The van der Waals surface area contributed by atoms with Gasteiger partial charge in [-0.15, -0.1) is 0 Å². The number of piperazine rings is 1. The van der Waals surface area contributed by atoms with Gasteiger partial charge in [-0.1, -0.05) is 0 Å². The molecule has 9 rings (SSSR count). The molecular formula is C28H42N2O2. The minimum Gasteiger partial charge on any atom is -0.336 e. The summed E-state index contributed by atoms with van der Waals surface area (Å²) < 4.78 is 0. The van der Waals surface area contributed by atoms with Gasteiger partial charge < -0.3 is 9.80 Å². The fourth-order valence-electron chi connectivity index (χ4n) is 11.0. The molecule has 1 heterocycles. The number of rotatable bonds is 2. The van der Waals surface area contributed by atoms with Crippen molar-refractivity contribution in [1.29, 1.82) is 0 Å². The molecule has 8 bridgehead atoms. The molecule has 8 saturated carbocycles. The van der Waals surface area contributed by atoms with Crippen LogP contribution in [0.15, 0.2) is 0 Å². The van der Waals surface area contributed by atoms with Crippen LogP contribution in [0.2, 0.25) is 0 Å². The largest absolute Gasteiger partial charge is 0.336 e. The fourth-order valence-corrected chi connectivity index (χ4v) is 11.0. The second-order valence-electron chi connectivity index (χ2n) is 14.0. The molecule has 0 aromatic rings. The quantitative estimate of drug-likeness (QED) is 0.617. The first-order valence-electron chi connectivity index (χ1n) is 13.9. The molecule has 0 spiro atoms. The van der Waals surface area contributed by atoms with Crippen LogP contribution in [0.4, 0.5) is 0 Å². The van der Waals surface area contributed by atoms with Gasteiger partial charge in [-0.25, -0.2) is 0 Å². The molecule has 32 heavy (non-hydrogen) atoms. The van der Waals surface area contributed by atoms with E-state index in [4.69, 9.17) is 0 Å². The molecule has 4 nitrogen and oxygen atoms in total. The Labute approximate surface area is 193 Å². The van der Waals surface area contributed by atoms with Gasteiger partial charge in [0.05, 0.1) is 10.8 Å². The molecular weight excluding hydrogens is 396 g/mol. The molecule has 0 unspecified atom stereocenters. The Hall–Kier alpha value is -1.06. The van der Waals surface area contributed by atoms with Crippen molar-refractivity contribution in [2.75, 3.05) is 13.1 Å². The summed E-state index contributed by atoms with van der Waals surface area (Å²) in [5, 5.41) is 0. The number of hydrogen-bond acceptors (Lipinski definition) is 2. The highest BCUT2D eigenvalue weighted by molar-refractivity contribution is 5.86. The minimum absolute atomic E-state index is 0.0607. The van der Waals surface area contributed by atoms with Crippen molar-refractivity contribution in [3.63, 3.8) is 0 Å². The van der Waals surface area contributed by atoms with E-state index in [2.05, 4.69) is 23.6 Å². The van der Waals surface area contributed by atoms with E-state index in [1.807, 2.05) is 0 Å². The summed E-state index contributed by atoms with van der Waals surface area (Å²) in [7, 11) is 0. The van der Waals surface area contributed by atoms with Crippen molar-refractivity contribution in [3.05, 3.63) is 0 Å². The molecule has 0 aromatic carbocycles. The van der Waals surface area contributed by atoms with Crippen LogP contribution in [0.25, 0.3) is 0 Å². The molecule has 0 aromatic heterocycles. The molecule has 2 amide bonds. The van der Waals surface area contributed by atoms with Crippen LogP contribution in [0.1, 0.15) is 90.9 Å². The Bertz CT molecular complexity index is 695. The molecule has 1 aliphatic heterocycles. The standard InChI is InChI=1S/C28H42N2O2/c1-17-15-30(26(32)28-12-22-6-23(13-28)8-24(7-22)14-28)18(2)16-29(17)25(31)27-9-19-3-20(10-27)5-21(4-19)11-27/h17-24H,3-16H2,1-2H3/t17-,18-,19?,20?,21?,22?,23?,24?,27?,28?/m1/s1. The van der Waals surface area contributed by atoms with Crippen molar-refractivity contribution in [3.8, 4) is 0 Å². The number of nitrogens with zero attached hydrogens (tertiary/aromatic N) is 2. The monoisotopic (exact) mass is 438 g/mol. The Morgan fingerprint density at radius 3 is 1.03 bits per heavy atom. The van der Waals surface area contributed by atoms with Crippen molar-refractivity contribution in [1.82, 2.24) is 9.80 Å². The first-order chi connectivity index (χ1) is 15.3. The van der Waals surface area contributed by atoms with Gasteiger partial charge in [0.1, 0.15) is 0 Å². The third-order valence-electron chi connectivity index (χ3n) is 11.5. The summed E-state index contributed by atoms with van der Waals surface area (Å²) in [6.07, 6.45) is 15.1. The van der Waals surface area contributed by atoms with Gasteiger partial charge in [0.15, 0.2) is 0 Å². The zero-order valence-electron chi connectivity index (χ0n) is 20.2. The summed E-state index contributed by atoms with van der Waals surface area (Å²) in [6, 6.07) is 0.314. The lowest BCUT2D eigenvalue weighted by atomic mass is 9.49. The number of carbonyl (C=O) groups excluding carboxylic acids is 2. The van der Waals surface area contributed by atoms with Gasteiger partial charge in [-0.05, 0) is 126 Å². The average Bonchev–Trinajstić information content (AvgIpc) is 2.72. The zero-order chi connectivity index (χ0) is 21.8. The smallest absolute Gasteiger partial charge is 0.229 e. The predicted octanol–water partition coefficient (Wildman–Crippen LogP) is 4.87. The van der Waals surface area contributed by atoms with E-state index >= 15 is 0 Å². The van der Waals surface area contributed by atoms with Gasteiger partial charge in [-0.3, -0.25) is 9.59 Å². The Balaban J connectivity index is 1.09. The first kappa shape index (κ1) is 20.3. The van der Waals surface area contributed by atoms with E-state index in [0.717, 1.165) is 87.1 Å². The lowest BCUT2D eigenvalue weighted by Gasteiger charge is -2.59. The van der Waals surface area contributed by atoms with E-state index in [-0.39, 0.29) is 22.9 Å². The highest BCUT2D eigenvalue weighted by Crippen LogP contribution is 2.62. The summed E-state index contributed by atoms with van der Waals surface area (Å²) in [5.74, 6) is 5.73. The topological polar surface area (TPSA) is 40.6 Å². The van der Waals surface area contributed by atoms with Crippen LogP contribution in [-0.4, -0.2) is 46.8 Å². The zero-order valence-corrected chi connectivity index (χ0v) is 20.2. The maximum absolute atomic E-state index is 14.0. The fraction of sp³-hybridized carbons (Fsp3) is 0.929. The summed E-state index contributed by atoms with van der Waals surface area (Å²) in [6.45, 7) is 5.92. The van der Waals surface area contributed by atoms with Crippen LogP contribution in [0, 0.1) is 46.3 Å². The average molecular weight is 439 g/mol. The molecule has 1 saturated heterocycles. The van der Waals surface area contributed by atoms with E-state index < -0.39 is 0 Å². The van der Waals surface area contributed by atoms with Crippen LogP contribution in [0.3, 0.4) is 0 Å². The summed E-state index contributed by atoms with van der Waals surface area (Å²) in [5.41, 5.74) is -0.121. The third kappa shape index (κ3) is 2.86. The van der Waals surface area contributed by atoms with Gasteiger partial charge in [0, 0.05) is 25.2 Å². The Kier molecular flexibility index (Phi) is 4.29. The van der Waals surface area contributed by atoms with E-state index in [1.165, 1.54) is 38.5 Å². The van der Waals surface area contributed by atoms with Crippen LogP contribution in [-0.2, 0) is 9.59 Å². The third-order valence-corrected chi connectivity index (χ3v) is 11.5. The van der Waals surface area contributed by atoms with Crippen LogP contribution >= 0.6 is 0 Å². The summed E-state index contributed by atoms with van der Waals surface area (Å²) in [4.78, 5) is 32.5. The Morgan fingerprint density at radius 2 is 0.781 bits per heavy atom. The number of hydrogen-bond donors (Lipinski definition) is 0. The van der Waals surface area contributed by atoms with Crippen molar-refractivity contribution in [2.45, 2.75) is 103 Å². The second kappa shape index (κ2) is 6.75. The van der Waals surface area contributed by atoms with Crippen molar-refractivity contribution >= 4 is 11.8 Å². The van der Waals surface area contributed by atoms with Gasteiger partial charge >= 0.3 is 0 Å². The van der Waals surface area contributed by atoms with E-state index in [0.29, 0.717) is 11.8 Å². The van der Waals surface area contributed by atoms with Gasteiger partial charge in [0.2, 0.25) is 11.8 Å². The normalized spacial score (nSPS) is 53.2. The molecule has 4 heteroatoms. The van der Waals surface area contributed by atoms with E-state index in [1.54, 1.807) is 0 Å². The van der Waals surface area contributed by atoms with Crippen molar-refractivity contribution < 1.29 is 9.59 Å². The molecule has 0 N–H and O–H groups in total. The van der Waals surface area contributed by atoms with Crippen LogP contribution < -0.4 is 0 Å². The minimum atomic E-state index is -0.0607. The lowest BCUT2D eigenvalue weighted by Crippen LogP contribution is -2.66. The summed E-state index contributed by atoms with van der Waals surface area (Å²) >= 11 is 0. The molecule has 9 fully saturated rings. The number of carbonyl (C=O) groups is 2. The maximum Gasteiger partial charge on any atom is 0.229 e. The number of amides is 2. The highest BCUT2D eigenvalue weighted by Gasteiger charge is 2.58. The Morgan fingerprint density at radius 1 is 0.531 bits per heavy atom. The SMILES string of the molecule is C[C@@H]1CN(C(=O)C23CC4CC(CC(C4)C2)C3)[C@H](C)CN1C(=O)C12CC3CC(CC(C3)C1)C2. The van der Waals surface area contributed by atoms with Crippen LogP contribution in [0.5, 0.6) is 0 Å². The second-order valence-corrected chi connectivity index (χ2v) is 14.0. The van der Waals surface area contributed by atoms with Gasteiger partial charge in [-0.2, -0.15) is 0 Å². The molecule has 2 atom stereocenters. The molecule has 9 aliphatic rings. The highest BCUT2D eigenvalue weighted by atomic mass is 16.2. The van der Waals surface area contributed by atoms with E-state index in [9.17, 15) is 9.59 Å². The first-order valence-corrected chi connectivity index (χ1v) is 13.9.